The first-order valence-corrected chi connectivity index (χ1v) is 5.59. The molecule has 0 amide bonds. The molecule has 0 aliphatic carbocycles. The van der Waals surface area contributed by atoms with E-state index in [4.69, 9.17) is 16.0 Å². The number of aliphatic hydroxyl groups excluding tert-OH is 1. The Balaban J connectivity index is 3.91. The zero-order valence-corrected chi connectivity index (χ0v) is 10.7. The summed E-state index contributed by atoms with van der Waals surface area (Å²) in [4.78, 5) is 0. The van der Waals surface area contributed by atoms with Crippen LogP contribution < -0.4 is 11.1 Å². The summed E-state index contributed by atoms with van der Waals surface area (Å²) in [7, 11) is 0. The molecule has 0 saturated carbocycles. The van der Waals surface area contributed by atoms with Crippen molar-refractivity contribution < 1.29 is 10.3 Å². The van der Waals surface area contributed by atoms with Crippen LogP contribution in [0.25, 0.3) is 0 Å². The fourth-order valence-electron chi connectivity index (χ4n) is 1.28. The van der Waals surface area contributed by atoms with E-state index in [0.29, 0.717) is 0 Å². The Morgan fingerprint density at radius 3 is 2.31 bits per heavy atom. The standard InChI is InChI=1S/C11H25N3O2/c1-10(2,9(12)14-16)6-5-7-13-11(3,4)8-15/h13,15-16H,5-8H2,1-4H3,(H2,12,14). The van der Waals surface area contributed by atoms with Gasteiger partial charge in [-0.3, -0.25) is 0 Å². The minimum atomic E-state index is -0.292. The van der Waals surface area contributed by atoms with Crippen LogP contribution in [-0.4, -0.2) is 34.8 Å². The lowest BCUT2D eigenvalue weighted by Crippen LogP contribution is -2.43. The summed E-state index contributed by atoms with van der Waals surface area (Å²) in [5.41, 5.74) is 5.04. The Kier molecular flexibility index (Phi) is 5.75. The zero-order valence-electron chi connectivity index (χ0n) is 10.7. The molecule has 5 nitrogen and oxygen atoms in total. The predicted molar refractivity (Wildman–Crippen MR) is 65.6 cm³/mol. The van der Waals surface area contributed by atoms with Crippen LogP contribution in [-0.2, 0) is 0 Å². The van der Waals surface area contributed by atoms with Gasteiger partial charge in [0.05, 0.1) is 6.61 Å². The maximum absolute atomic E-state index is 9.04. The molecule has 0 rings (SSSR count). The molecule has 0 aromatic rings. The van der Waals surface area contributed by atoms with Crippen molar-refractivity contribution in [3.63, 3.8) is 0 Å². The van der Waals surface area contributed by atoms with Gasteiger partial charge in [0.15, 0.2) is 0 Å². The first-order chi connectivity index (χ1) is 7.25. The molecule has 96 valence electrons. The normalized spacial score (nSPS) is 14.2. The molecule has 16 heavy (non-hydrogen) atoms. The predicted octanol–water partition coefficient (Wildman–Crippen LogP) is 0.900. The molecule has 0 aromatic heterocycles. The molecule has 5 heteroatoms. The van der Waals surface area contributed by atoms with Crippen LogP contribution in [0.4, 0.5) is 0 Å². The molecular weight excluding hydrogens is 206 g/mol. The SMILES string of the molecule is CC(C)(CO)NCCCC(C)(C)C(N)=NO. The topological polar surface area (TPSA) is 90.9 Å². The van der Waals surface area contributed by atoms with Crippen molar-refractivity contribution >= 4 is 5.84 Å². The number of hydrogen-bond acceptors (Lipinski definition) is 4. The summed E-state index contributed by atoms with van der Waals surface area (Å²) in [5.74, 6) is 0.258. The maximum atomic E-state index is 9.04. The van der Waals surface area contributed by atoms with E-state index in [0.717, 1.165) is 19.4 Å². The third kappa shape index (κ3) is 5.32. The molecule has 0 saturated heterocycles. The van der Waals surface area contributed by atoms with Gasteiger partial charge in [0.1, 0.15) is 5.84 Å². The molecule has 0 bridgehead atoms. The summed E-state index contributed by atoms with van der Waals surface area (Å²) in [6.07, 6.45) is 1.74. The zero-order chi connectivity index (χ0) is 12.8. The lowest BCUT2D eigenvalue weighted by atomic mass is 9.86. The fraction of sp³-hybridized carbons (Fsp3) is 0.909. The van der Waals surface area contributed by atoms with Crippen LogP contribution in [0.2, 0.25) is 0 Å². The van der Waals surface area contributed by atoms with E-state index in [1.807, 2.05) is 27.7 Å². The number of amidine groups is 1. The number of nitrogens with zero attached hydrogens (tertiary/aromatic N) is 1. The van der Waals surface area contributed by atoms with Crippen LogP contribution in [0.15, 0.2) is 5.16 Å². The average molecular weight is 231 g/mol. The summed E-state index contributed by atoms with van der Waals surface area (Å²) in [6.45, 7) is 8.69. The quantitative estimate of drug-likeness (QED) is 0.172. The van der Waals surface area contributed by atoms with Crippen LogP contribution in [0.5, 0.6) is 0 Å². The number of nitrogens with one attached hydrogen (secondary N) is 1. The molecule has 0 aliphatic heterocycles. The Bertz CT molecular complexity index is 237. The third-order valence-electron chi connectivity index (χ3n) is 2.78. The van der Waals surface area contributed by atoms with E-state index in [1.54, 1.807) is 0 Å². The van der Waals surface area contributed by atoms with Crippen LogP contribution in [0.1, 0.15) is 40.5 Å². The highest BCUT2D eigenvalue weighted by Crippen LogP contribution is 2.22. The highest BCUT2D eigenvalue weighted by molar-refractivity contribution is 5.85. The van der Waals surface area contributed by atoms with E-state index >= 15 is 0 Å². The van der Waals surface area contributed by atoms with Gasteiger partial charge in [0.25, 0.3) is 0 Å². The van der Waals surface area contributed by atoms with Crippen molar-refractivity contribution in [1.29, 1.82) is 0 Å². The highest BCUT2D eigenvalue weighted by Gasteiger charge is 2.23. The van der Waals surface area contributed by atoms with Gasteiger partial charge in [-0.15, -0.1) is 0 Å². The Hall–Kier alpha value is -0.810. The monoisotopic (exact) mass is 231 g/mol. The molecular formula is C11H25N3O2. The van der Waals surface area contributed by atoms with Gasteiger partial charge in [-0.25, -0.2) is 0 Å². The Morgan fingerprint density at radius 1 is 1.31 bits per heavy atom. The minimum Gasteiger partial charge on any atom is -0.409 e. The molecule has 0 aliphatic rings. The number of rotatable bonds is 7. The highest BCUT2D eigenvalue weighted by atomic mass is 16.4. The molecule has 0 aromatic carbocycles. The molecule has 0 spiro atoms. The smallest absolute Gasteiger partial charge is 0.144 e. The summed E-state index contributed by atoms with van der Waals surface area (Å²) < 4.78 is 0. The second kappa shape index (κ2) is 6.06. The van der Waals surface area contributed by atoms with Gasteiger partial charge in [-0.2, -0.15) is 0 Å². The van der Waals surface area contributed by atoms with Crippen molar-refractivity contribution in [1.82, 2.24) is 5.32 Å². The molecule has 0 atom stereocenters. The van der Waals surface area contributed by atoms with Gasteiger partial charge >= 0.3 is 0 Å². The van der Waals surface area contributed by atoms with Crippen LogP contribution in [0.3, 0.4) is 0 Å². The minimum absolute atomic E-state index is 0.108. The molecule has 0 unspecified atom stereocenters. The van der Waals surface area contributed by atoms with E-state index in [-0.39, 0.29) is 23.4 Å². The molecule has 0 radical (unpaired) electrons. The lowest BCUT2D eigenvalue weighted by Gasteiger charge is -2.26. The number of nitrogens with two attached hydrogens (primary N) is 1. The number of oxime groups is 1. The molecule has 0 fully saturated rings. The Labute approximate surface area is 97.7 Å². The van der Waals surface area contributed by atoms with Crippen LogP contribution in [0, 0.1) is 5.41 Å². The second-order valence-corrected chi connectivity index (χ2v) is 5.44. The molecule has 0 heterocycles. The van der Waals surface area contributed by atoms with Crippen molar-refractivity contribution in [3.05, 3.63) is 0 Å². The first-order valence-electron chi connectivity index (χ1n) is 5.59. The largest absolute Gasteiger partial charge is 0.409 e. The van der Waals surface area contributed by atoms with E-state index in [1.165, 1.54) is 0 Å². The van der Waals surface area contributed by atoms with Gasteiger partial charge in [0, 0.05) is 11.0 Å². The Morgan fingerprint density at radius 2 is 1.88 bits per heavy atom. The van der Waals surface area contributed by atoms with Gasteiger partial charge < -0.3 is 21.4 Å². The van der Waals surface area contributed by atoms with Crippen molar-refractivity contribution in [3.8, 4) is 0 Å². The van der Waals surface area contributed by atoms with Gasteiger partial charge in [0.2, 0.25) is 0 Å². The number of aliphatic hydroxyl groups is 1. The summed E-state index contributed by atoms with van der Waals surface area (Å²) in [5, 5.41) is 23.9. The number of hydrogen-bond donors (Lipinski definition) is 4. The van der Waals surface area contributed by atoms with Crippen LogP contribution >= 0.6 is 0 Å². The average Bonchev–Trinajstić information content (AvgIpc) is 2.23. The third-order valence-corrected chi connectivity index (χ3v) is 2.78. The van der Waals surface area contributed by atoms with Gasteiger partial charge in [-0.05, 0) is 33.2 Å². The van der Waals surface area contributed by atoms with Crippen molar-refractivity contribution in [2.45, 2.75) is 46.1 Å². The van der Waals surface area contributed by atoms with Gasteiger partial charge in [-0.1, -0.05) is 19.0 Å². The lowest BCUT2D eigenvalue weighted by molar-refractivity contribution is 0.187. The fourth-order valence-corrected chi connectivity index (χ4v) is 1.28. The van der Waals surface area contributed by atoms with E-state index in [2.05, 4.69) is 10.5 Å². The second-order valence-electron chi connectivity index (χ2n) is 5.44. The maximum Gasteiger partial charge on any atom is 0.144 e. The van der Waals surface area contributed by atoms with E-state index in [9.17, 15) is 0 Å². The van der Waals surface area contributed by atoms with E-state index < -0.39 is 0 Å². The molecule has 5 N–H and O–H groups in total. The van der Waals surface area contributed by atoms with Crippen molar-refractivity contribution in [2.24, 2.45) is 16.3 Å². The first kappa shape index (κ1) is 15.2. The summed E-state index contributed by atoms with van der Waals surface area (Å²) in [6, 6.07) is 0. The van der Waals surface area contributed by atoms with Crippen molar-refractivity contribution in [2.75, 3.05) is 13.2 Å². The summed E-state index contributed by atoms with van der Waals surface area (Å²) >= 11 is 0.